The van der Waals surface area contributed by atoms with Crippen molar-refractivity contribution < 1.29 is 9.90 Å². The van der Waals surface area contributed by atoms with E-state index in [9.17, 15) is 4.79 Å². The van der Waals surface area contributed by atoms with Gasteiger partial charge in [-0.15, -0.1) is 10.2 Å². The molecule has 1 saturated carbocycles. The molecule has 1 aliphatic rings. The van der Waals surface area contributed by atoms with Crippen LogP contribution in [-0.4, -0.2) is 25.8 Å². The van der Waals surface area contributed by atoms with Gasteiger partial charge in [0.2, 0.25) is 0 Å². The number of aryl methyl sites for hydroxylation is 1. The van der Waals surface area contributed by atoms with Crippen LogP contribution >= 0.6 is 0 Å². The summed E-state index contributed by atoms with van der Waals surface area (Å²) >= 11 is 0. The van der Waals surface area contributed by atoms with E-state index in [4.69, 9.17) is 5.11 Å². The summed E-state index contributed by atoms with van der Waals surface area (Å²) in [6.07, 6.45) is 2.22. The highest BCUT2D eigenvalue weighted by Gasteiger charge is 2.30. The highest BCUT2D eigenvalue weighted by Crippen LogP contribution is 2.38. The molecule has 0 saturated heterocycles. The molecule has 0 aliphatic heterocycles. The van der Waals surface area contributed by atoms with Crippen LogP contribution in [0, 0.1) is 6.92 Å². The molecule has 5 heteroatoms. The van der Waals surface area contributed by atoms with Gasteiger partial charge in [-0.1, -0.05) is 0 Å². The summed E-state index contributed by atoms with van der Waals surface area (Å²) in [5.41, 5.74) is 0. The maximum absolute atomic E-state index is 10.5. The van der Waals surface area contributed by atoms with Crippen molar-refractivity contribution in [1.29, 1.82) is 0 Å². The monoisotopic (exact) mass is 181 g/mol. The molecule has 0 atom stereocenters. The molecule has 70 valence electrons. The number of carboxylic acids is 1. The lowest BCUT2D eigenvalue weighted by atomic mass is 10.4. The summed E-state index contributed by atoms with van der Waals surface area (Å²) in [6, 6.07) is 0. The first kappa shape index (κ1) is 8.22. The predicted molar refractivity (Wildman–Crippen MR) is 44.4 cm³/mol. The zero-order valence-corrected chi connectivity index (χ0v) is 7.40. The zero-order chi connectivity index (χ0) is 9.42. The lowest BCUT2D eigenvalue weighted by molar-refractivity contribution is -0.137. The Balaban J connectivity index is 2.28. The number of rotatable bonds is 3. The van der Waals surface area contributed by atoms with Crippen LogP contribution in [0.15, 0.2) is 0 Å². The van der Waals surface area contributed by atoms with Gasteiger partial charge in [-0.05, 0) is 19.8 Å². The standard InChI is InChI=1S/C8H11N3O2/c1-5-9-10-8(6-2-3-6)11(5)4-7(12)13/h6H,2-4H2,1H3,(H,12,13). The van der Waals surface area contributed by atoms with Crippen LogP contribution in [0.4, 0.5) is 0 Å². The molecule has 0 aromatic carbocycles. The van der Waals surface area contributed by atoms with Gasteiger partial charge in [0.25, 0.3) is 0 Å². The number of carbonyl (C=O) groups is 1. The van der Waals surface area contributed by atoms with Gasteiger partial charge in [-0.25, -0.2) is 0 Å². The maximum Gasteiger partial charge on any atom is 0.323 e. The Hall–Kier alpha value is -1.39. The quantitative estimate of drug-likeness (QED) is 0.739. The highest BCUT2D eigenvalue weighted by molar-refractivity contribution is 5.66. The van der Waals surface area contributed by atoms with Gasteiger partial charge in [-0.2, -0.15) is 0 Å². The first-order valence-electron chi connectivity index (χ1n) is 4.30. The molecule has 5 nitrogen and oxygen atoms in total. The molecule has 1 N–H and O–H groups in total. The Morgan fingerprint density at radius 2 is 2.31 bits per heavy atom. The molecule has 1 aromatic rings. The van der Waals surface area contributed by atoms with E-state index < -0.39 is 5.97 Å². The number of hydrogen-bond acceptors (Lipinski definition) is 3. The van der Waals surface area contributed by atoms with E-state index in [2.05, 4.69) is 10.2 Å². The molecular weight excluding hydrogens is 170 g/mol. The van der Waals surface area contributed by atoms with E-state index in [-0.39, 0.29) is 6.54 Å². The first-order valence-corrected chi connectivity index (χ1v) is 4.30. The zero-order valence-electron chi connectivity index (χ0n) is 7.40. The Morgan fingerprint density at radius 1 is 1.62 bits per heavy atom. The smallest absolute Gasteiger partial charge is 0.323 e. The summed E-state index contributed by atoms with van der Waals surface area (Å²) in [5.74, 6) is 1.12. The van der Waals surface area contributed by atoms with Crippen molar-refractivity contribution in [2.24, 2.45) is 0 Å². The molecule has 0 unspecified atom stereocenters. The normalized spacial score (nSPS) is 16.1. The molecule has 1 heterocycles. The largest absolute Gasteiger partial charge is 0.480 e. The fraction of sp³-hybridized carbons (Fsp3) is 0.625. The number of aliphatic carboxylic acids is 1. The van der Waals surface area contributed by atoms with Crippen molar-refractivity contribution in [2.45, 2.75) is 32.2 Å². The van der Waals surface area contributed by atoms with E-state index in [1.165, 1.54) is 0 Å². The Kier molecular flexibility index (Phi) is 1.79. The summed E-state index contributed by atoms with van der Waals surface area (Å²) < 4.78 is 1.68. The third-order valence-electron chi connectivity index (χ3n) is 2.20. The Labute approximate surface area is 75.4 Å². The molecule has 13 heavy (non-hydrogen) atoms. The van der Waals surface area contributed by atoms with Crippen LogP contribution < -0.4 is 0 Å². The van der Waals surface area contributed by atoms with Gasteiger partial charge in [0.1, 0.15) is 18.2 Å². The van der Waals surface area contributed by atoms with Gasteiger partial charge in [0, 0.05) is 5.92 Å². The minimum absolute atomic E-state index is 0.0231. The maximum atomic E-state index is 10.5. The van der Waals surface area contributed by atoms with E-state index >= 15 is 0 Å². The molecule has 0 radical (unpaired) electrons. The van der Waals surface area contributed by atoms with Crippen LogP contribution in [0.2, 0.25) is 0 Å². The Morgan fingerprint density at radius 3 is 2.85 bits per heavy atom. The second-order valence-electron chi connectivity index (χ2n) is 3.36. The minimum atomic E-state index is -0.843. The summed E-state index contributed by atoms with van der Waals surface area (Å²) in [6.45, 7) is 1.76. The van der Waals surface area contributed by atoms with Crippen LogP contribution in [0.25, 0.3) is 0 Å². The van der Waals surface area contributed by atoms with Crippen LogP contribution in [-0.2, 0) is 11.3 Å². The third-order valence-corrected chi connectivity index (χ3v) is 2.20. The lowest BCUT2D eigenvalue weighted by Gasteiger charge is -2.03. The number of hydrogen-bond donors (Lipinski definition) is 1. The van der Waals surface area contributed by atoms with Crippen molar-refractivity contribution in [3.63, 3.8) is 0 Å². The summed E-state index contributed by atoms with van der Waals surface area (Å²) in [5, 5.41) is 16.5. The van der Waals surface area contributed by atoms with Crippen molar-refractivity contribution in [3.8, 4) is 0 Å². The van der Waals surface area contributed by atoms with Crippen molar-refractivity contribution in [1.82, 2.24) is 14.8 Å². The minimum Gasteiger partial charge on any atom is -0.480 e. The number of nitrogens with zero attached hydrogens (tertiary/aromatic N) is 3. The van der Waals surface area contributed by atoms with Gasteiger partial charge in [0.15, 0.2) is 0 Å². The fourth-order valence-electron chi connectivity index (χ4n) is 1.37. The predicted octanol–water partition coefficient (Wildman–Crippen LogP) is 0.549. The third kappa shape index (κ3) is 1.54. The van der Waals surface area contributed by atoms with Gasteiger partial charge in [-0.3, -0.25) is 4.79 Å². The second-order valence-corrected chi connectivity index (χ2v) is 3.36. The molecular formula is C8H11N3O2. The van der Waals surface area contributed by atoms with E-state index in [0.717, 1.165) is 18.7 Å². The Bertz CT molecular complexity index is 341. The molecule has 1 aromatic heterocycles. The molecule has 0 bridgehead atoms. The first-order chi connectivity index (χ1) is 6.18. The van der Waals surface area contributed by atoms with Crippen LogP contribution in [0.1, 0.15) is 30.4 Å². The number of carboxylic acid groups (broad SMARTS) is 1. The highest BCUT2D eigenvalue weighted by atomic mass is 16.4. The molecule has 1 aliphatic carbocycles. The molecule has 0 spiro atoms. The molecule has 2 rings (SSSR count). The molecule has 1 fully saturated rings. The summed E-state index contributed by atoms with van der Waals surface area (Å²) in [7, 11) is 0. The average Bonchev–Trinajstić information content (AvgIpc) is 2.81. The lowest BCUT2D eigenvalue weighted by Crippen LogP contribution is -2.12. The fourth-order valence-corrected chi connectivity index (χ4v) is 1.37. The van der Waals surface area contributed by atoms with Gasteiger partial charge < -0.3 is 9.67 Å². The topological polar surface area (TPSA) is 68.0 Å². The van der Waals surface area contributed by atoms with Crippen molar-refractivity contribution >= 4 is 5.97 Å². The SMILES string of the molecule is Cc1nnc(C2CC2)n1CC(=O)O. The van der Waals surface area contributed by atoms with Crippen molar-refractivity contribution in [3.05, 3.63) is 11.6 Å². The van der Waals surface area contributed by atoms with Crippen LogP contribution in [0.5, 0.6) is 0 Å². The second kappa shape index (κ2) is 2.83. The average molecular weight is 181 g/mol. The van der Waals surface area contributed by atoms with E-state index in [0.29, 0.717) is 11.7 Å². The van der Waals surface area contributed by atoms with Gasteiger partial charge in [0.05, 0.1) is 0 Å². The van der Waals surface area contributed by atoms with Crippen LogP contribution in [0.3, 0.4) is 0 Å². The van der Waals surface area contributed by atoms with Gasteiger partial charge >= 0.3 is 5.97 Å². The summed E-state index contributed by atoms with van der Waals surface area (Å²) in [4.78, 5) is 10.5. The van der Waals surface area contributed by atoms with E-state index in [1.807, 2.05) is 0 Å². The molecule has 0 amide bonds. The van der Waals surface area contributed by atoms with E-state index in [1.54, 1.807) is 11.5 Å². The number of aromatic nitrogens is 3. The van der Waals surface area contributed by atoms with Crippen molar-refractivity contribution in [2.75, 3.05) is 0 Å².